The third kappa shape index (κ3) is 6.53. The summed E-state index contributed by atoms with van der Waals surface area (Å²) in [7, 11) is 0. The Balaban J connectivity index is 2.57. The minimum absolute atomic E-state index is 0.964. The molecule has 0 heterocycles. The van der Waals surface area contributed by atoms with Gasteiger partial charge in [-0.2, -0.15) is 0 Å². The standard InChI is InChI=1S/C17H25NS/c1-3-5-14-18(15-6-4-2)17(19)13-12-16-10-8-7-9-11-16/h7-13H,3-6,14-15H2,1-2H3/b13-12+. The highest BCUT2D eigenvalue weighted by molar-refractivity contribution is 7.80. The van der Waals surface area contributed by atoms with Crippen molar-refractivity contribution >= 4 is 23.3 Å². The fourth-order valence-corrected chi connectivity index (χ4v) is 2.12. The van der Waals surface area contributed by atoms with Crippen molar-refractivity contribution in [1.82, 2.24) is 4.90 Å². The first-order valence-corrected chi connectivity index (χ1v) is 7.70. The third-order valence-electron chi connectivity index (χ3n) is 3.09. The molecule has 104 valence electrons. The normalized spacial score (nSPS) is 10.8. The molecule has 1 aromatic rings. The van der Waals surface area contributed by atoms with E-state index in [9.17, 15) is 0 Å². The van der Waals surface area contributed by atoms with Crippen LogP contribution in [-0.4, -0.2) is 23.0 Å². The van der Waals surface area contributed by atoms with Crippen molar-refractivity contribution in [2.24, 2.45) is 0 Å². The van der Waals surface area contributed by atoms with Crippen LogP contribution in [0.4, 0.5) is 0 Å². The summed E-state index contributed by atoms with van der Waals surface area (Å²) in [5.74, 6) is 0. The number of benzene rings is 1. The number of thiocarbonyl (C=S) groups is 1. The largest absolute Gasteiger partial charge is 0.363 e. The highest BCUT2D eigenvalue weighted by Crippen LogP contribution is 2.06. The van der Waals surface area contributed by atoms with Crippen molar-refractivity contribution in [2.75, 3.05) is 13.1 Å². The first-order valence-electron chi connectivity index (χ1n) is 7.30. The lowest BCUT2D eigenvalue weighted by Crippen LogP contribution is -2.30. The lowest BCUT2D eigenvalue weighted by Gasteiger charge is -2.23. The van der Waals surface area contributed by atoms with Crippen LogP contribution in [0.2, 0.25) is 0 Å². The van der Waals surface area contributed by atoms with Gasteiger partial charge in [-0.3, -0.25) is 0 Å². The van der Waals surface area contributed by atoms with Gasteiger partial charge in [0.05, 0.1) is 0 Å². The van der Waals surface area contributed by atoms with E-state index in [1.54, 1.807) is 0 Å². The topological polar surface area (TPSA) is 3.24 Å². The summed E-state index contributed by atoms with van der Waals surface area (Å²) < 4.78 is 0. The lowest BCUT2D eigenvalue weighted by molar-refractivity contribution is 0.406. The van der Waals surface area contributed by atoms with Gasteiger partial charge in [-0.1, -0.05) is 75.3 Å². The van der Waals surface area contributed by atoms with Crippen molar-refractivity contribution in [3.63, 3.8) is 0 Å². The zero-order valence-corrected chi connectivity index (χ0v) is 13.0. The van der Waals surface area contributed by atoms with Gasteiger partial charge in [0, 0.05) is 13.1 Å². The van der Waals surface area contributed by atoms with Crippen LogP contribution in [0.3, 0.4) is 0 Å². The molecular formula is C17H25NS. The molecule has 0 saturated carbocycles. The predicted molar refractivity (Wildman–Crippen MR) is 89.5 cm³/mol. The monoisotopic (exact) mass is 275 g/mol. The molecule has 1 aromatic carbocycles. The van der Waals surface area contributed by atoms with E-state index in [0.717, 1.165) is 18.1 Å². The summed E-state index contributed by atoms with van der Waals surface area (Å²) >= 11 is 5.54. The van der Waals surface area contributed by atoms with Crippen LogP contribution in [0.1, 0.15) is 45.1 Å². The van der Waals surface area contributed by atoms with Gasteiger partial charge in [-0.25, -0.2) is 0 Å². The molecule has 0 spiro atoms. The maximum Gasteiger partial charge on any atom is 0.101 e. The molecule has 0 aliphatic heterocycles. The zero-order valence-electron chi connectivity index (χ0n) is 12.1. The van der Waals surface area contributed by atoms with E-state index in [1.165, 1.54) is 31.2 Å². The van der Waals surface area contributed by atoms with Crippen LogP contribution in [-0.2, 0) is 0 Å². The molecule has 2 heteroatoms. The Hall–Kier alpha value is -1.15. The van der Waals surface area contributed by atoms with Gasteiger partial charge in [0.25, 0.3) is 0 Å². The van der Waals surface area contributed by atoms with E-state index in [0.29, 0.717) is 0 Å². The molecule has 0 atom stereocenters. The van der Waals surface area contributed by atoms with Crippen molar-refractivity contribution < 1.29 is 0 Å². The molecule has 1 nitrogen and oxygen atoms in total. The summed E-state index contributed by atoms with van der Waals surface area (Å²) in [4.78, 5) is 3.30. The molecule has 1 rings (SSSR count). The number of hydrogen-bond donors (Lipinski definition) is 0. The summed E-state index contributed by atoms with van der Waals surface area (Å²) in [5.41, 5.74) is 1.20. The van der Waals surface area contributed by atoms with Gasteiger partial charge in [0.15, 0.2) is 0 Å². The average molecular weight is 275 g/mol. The fourth-order valence-electron chi connectivity index (χ4n) is 1.87. The second-order valence-electron chi connectivity index (χ2n) is 4.78. The van der Waals surface area contributed by atoms with E-state index >= 15 is 0 Å². The molecule has 0 fully saturated rings. The van der Waals surface area contributed by atoms with Gasteiger partial charge in [-0.15, -0.1) is 0 Å². The fraction of sp³-hybridized carbons (Fsp3) is 0.471. The van der Waals surface area contributed by atoms with Crippen molar-refractivity contribution in [3.05, 3.63) is 42.0 Å². The van der Waals surface area contributed by atoms with E-state index in [-0.39, 0.29) is 0 Å². The second kappa shape index (κ2) is 9.74. The van der Waals surface area contributed by atoms with E-state index < -0.39 is 0 Å². The number of hydrogen-bond acceptors (Lipinski definition) is 1. The van der Waals surface area contributed by atoms with E-state index in [4.69, 9.17) is 12.2 Å². The Labute approximate surface area is 123 Å². The highest BCUT2D eigenvalue weighted by atomic mass is 32.1. The molecular weight excluding hydrogens is 250 g/mol. The van der Waals surface area contributed by atoms with E-state index in [2.05, 4.69) is 55.2 Å². The number of nitrogens with zero attached hydrogens (tertiary/aromatic N) is 1. The van der Waals surface area contributed by atoms with Gasteiger partial charge < -0.3 is 4.90 Å². The lowest BCUT2D eigenvalue weighted by atomic mass is 10.2. The second-order valence-corrected chi connectivity index (χ2v) is 5.19. The maximum absolute atomic E-state index is 5.54. The smallest absolute Gasteiger partial charge is 0.101 e. The first kappa shape index (κ1) is 15.9. The van der Waals surface area contributed by atoms with Crippen LogP contribution >= 0.6 is 12.2 Å². The SMILES string of the molecule is CCCCN(CCCC)C(=S)/C=C/c1ccccc1. The summed E-state index contributed by atoms with van der Waals surface area (Å²) in [6.45, 7) is 6.60. The zero-order chi connectivity index (χ0) is 13.9. The van der Waals surface area contributed by atoms with Crippen LogP contribution < -0.4 is 0 Å². The Morgan fingerprint density at radius 1 is 1.05 bits per heavy atom. The Kier molecular flexibility index (Phi) is 8.15. The first-order chi connectivity index (χ1) is 9.27. The molecule has 0 bridgehead atoms. The Bertz CT molecular complexity index is 376. The van der Waals surface area contributed by atoms with Gasteiger partial charge >= 0.3 is 0 Å². The summed E-state index contributed by atoms with van der Waals surface area (Å²) in [6, 6.07) is 10.3. The molecule has 0 N–H and O–H groups in total. The number of unbranched alkanes of at least 4 members (excludes halogenated alkanes) is 2. The van der Waals surface area contributed by atoms with Crippen LogP contribution in [0.25, 0.3) is 6.08 Å². The van der Waals surface area contributed by atoms with E-state index in [1.807, 2.05) is 6.07 Å². The molecule has 0 aromatic heterocycles. The molecule has 19 heavy (non-hydrogen) atoms. The third-order valence-corrected chi connectivity index (χ3v) is 3.49. The Morgan fingerprint density at radius 3 is 2.16 bits per heavy atom. The average Bonchev–Trinajstić information content (AvgIpc) is 2.46. The van der Waals surface area contributed by atoms with Crippen LogP contribution in [0.15, 0.2) is 36.4 Å². The van der Waals surface area contributed by atoms with Crippen LogP contribution in [0.5, 0.6) is 0 Å². The minimum Gasteiger partial charge on any atom is -0.363 e. The van der Waals surface area contributed by atoms with Gasteiger partial charge in [0.1, 0.15) is 4.99 Å². The van der Waals surface area contributed by atoms with Crippen molar-refractivity contribution in [2.45, 2.75) is 39.5 Å². The summed E-state index contributed by atoms with van der Waals surface area (Å²) in [6.07, 6.45) is 9.02. The molecule has 0 amide bonds. The molecule has 0 aliphatic rings. The van der Waals surface area contributed by atoms with Gasteiger partial charge in [-0.05, 0) is 24.5 Å². The van der Waals surface area contributed by atoms with Crippen LogP contribution in [0, 0.1) is 0 Å². The summed E-state index contributed by atoms with van der Waals surface area (Å²) in [5, 5.41) is 0. The van der Waals surface area contributed by atoms with Gasteiger partial charge in [0.2, 0.25) is 0 Å². The predicted octanol–water partition coefficient (Wildman–Crippen LogP) is 4.93. The molecule has 0 saturated heterocycles. The van der Waals surface area contributed by atoms with Crippen molar-refractivity contribution in [1.29, 1.82) is 0 Å². The molecule has 0 unspecified atom stereocenters. The Morgan fingerprint density at radius 2 is 1.63 bits per heavy atom. The molecule has 0 aliphatic carbocycles. The molecule has 0 radical (unpaired) electrons. The van der Waals surface area contributed by atoms with Crippen molar-refractivity contribution in [3.8, 4) is 0 Å². The maximum atomic E-state index is 5.54. The number of rotatable bonds is 8. The quantitative estimate of drug-likeness (QED) is 0.489. The minimum atomic E-state index is 0.964. The highest BCUT2D eigenvalue weighted by Gasteiger charge is 2.05.